The second kappa shape index (κ2) is 20.2. The molecule has 0 unspecified atom stereocenters. The Bertz CT molecular complexity index is 2240. The normalized spacial score (nSPS) is 12.0. The van der Waals surface area contributed by atoms with Gasteiger partial charge in [0.25, 0.3) is 0 Å². The summed E-state index contributed by atoms with van der Waals surface area (Å²) in [5, 5.41) is 11.1. The molecule has 8 rings (SSSR count). The van der Waals surface area contributed by atoms with Gasteiger partial charge in [0.15, 0.2) is 23.0 Å². The topological polar surface area (TPSA) is 51.0 Å². The van der Waals surface area contributed by atoms with E-state index in [4.69, 9.17) is 18.9 Å². The summed E-state index contributed by atoms with van der Waals surface area (Å²) >= 11 is 0. The molecule has 5 nitrogen and oxygen atoms in total. The van der Waals surface area contributed by atoms with Crippen LogP contribution in [-0.4, -0.2) is 27.7 Å². The first-order valence-electron chi connectivity index (χ1n) is 18.7. The quantitative estimate of drug-likeness (QED) is 0.130. The van der Waals surface area contributed by atoms with E-state index in [1.54, 1.807) is 14.1 Å². The van der Waals surface area contributed by atoms with Crippen LogP contribution in [0.5, 0.6) is 23.0 Å². The van der Waals surface area contributed by atoms with Gasteiger partial charge in [-0.05, 0) is 127 Å². The minimum atomic E-state index is -1.02. The molecule has 6 aromatic carbocycles. The van der Waals surface area contributed by atoms with Crippen molar-refractivity contribution in [3.63, 3.8) is 0 Å². The van der Waals surface area contributed by atoms with Gasteiger partial charge in [0.05, 0.1) is 0 Å². The average Bonchev–Trinajstić information content (AvgIpc) is 3.77. The van der Waals surface area contributed by atoms with Crippen molar-refractivity contribution >= 4 is 60.1 Å². The van der Waals surface area contributed by atoms with Crippen molar-refractivity contribution in [1.82, 2.24) is 0 Å². The van der Waals surface area contributed by atoms with Crippen LogP contribution in [0.3, 0.4) is 0 Å². The average molecular weight is 940 g/mol. The number of benzene rings is 6. The molecule has 0 saturated heterocycles. The van der Waals surface area contributed by atoms with Crippen molar-refractivity contribution in [2.45, 2.75) is 55.4 Å². The van der Waals surface area contributed by atoms with Gasteiger partial charge in [0, 0.05) is 11.1 Å². The Kier molecular flexibility index (Phi) is 16.4. The van der Waals surface area contributed by atoms with E-state index < -0.39 is 15.8 Å². The summed E-state index contributed by atoms with van der Waals surface area (Å²) in [6, 6.07) is 36.7. The fourth-order valence-electron chi connectivity index (χ4n) is 7.91. The van der Waals surface area contributed by atoms with Crippen molar-refractivity contribution < 1.29 is 50.8 Å². The van der Waals surface area contributed by atoms with Gasteiger partial charge in [0.1, 0.15) is 0 Å². The van der Waals surface area contributed by atoms with Crippen molar-refractivity contribution in [3.05, 3.63) is 147 Å². The molecule has 0 bridgehead atoms. The van der Waals surface area contributed by atoms with E-state index in [2.05, 4.69) is 158 Å². The van der Waals surface area contributed by atoms with E-state index in [0.29, 0.717) is 0 Å². The summed E-state index contributed by atoms with van der Waals surface area (Å²) in [5.74, 6) is 3.02. The Morgan fingerprint density at radius 3 is 1.19 bits per heavy atom. The summed E-state index contributed by atoms with van der Waals surface area (Å²) in [4.78, 5) is 0. The van der Waals surface area contributed by atoms with Crippen LogP contribution < -0.4 is 63.2 Å². The maximum Gasteiger partial charge on any atom is 2.00 e. The van der Waals surface area contributed by atoms with Crippen LogP contribution in [0.15, 0.2) is 97.1 Å². The number of hydrogen-bond donors (Lipinski definition) is 0. The molecule has 0 fully saturated rings. The number of hydrogen-bond acceptors (Lipinski definition) is 4. The van der Waals surface area contributed by atoms with Crippen LogP contribution in [0.25, 0.3) is 16.4 Å². The van der Waals surface area contributed by atoms with Gasteiger partial charge in [-0.2, -0.15) is 14.1 Å². The standard InChI is InChI=1S/C46H44O4P2.C2H6N.2ClH.Ru/c1-27-11-28(2)16-35(15-27)51(36-17-29(3)12-30(4)18-36)39-23-40(45-42(24-39)48-26-49-45)44-43(10-9-41-46(44)50-25-47-41)52(37-19-31(5)13-32(6)20-37)38-21-33(7)14-34(8)22-38;1-3-2;;;/h9-24H,25-26H2,1-8H3;1-2H3;2*1H;/q;-1;;;+2/p-1. The van der Waals surface area contributed by atoms with Crippen LogP contribution in [-0.2, 0) is 19.5 Å². The maximum atomic E-state index is 6.43. The van der Waals surface area contributed by atoms with E-state index in [-0.39, 0.29) is 57.9 Å². The molecule has 0 amide bonds. The maximum absolute atomic E-state index is 6.43. The van der Waals surface area contributed by atoms with E-state index in [1.165, 1.54) is 76.3 Å². The first-order valence-corrected chi connectivity index (χ1v) is 21.4. The van der Waals surface area contributed by atoms with Crippen LogP contribution in [0.2, 0.25) is 0 Å². The molecule has 0 saturated carbocycles. The largest absolute Gasteiger partial charge is 2.00 e. The van der Waals surface area contributed by atoms with Gasteiger partial charge in [-0.1, -0.05) is 117 Å². The van der Waals surface area contributed by atoms with Crippen molar-refractivity contribution in [2.75, 3.05) is 27.7 Å². The van der Waals surface area contributed by atoms with E-state index >= 15 is 0 Å². The molecule has 10 heteroatoms. The Morgan fingerprint density at radius 2 is 0.776 bits per heavy atom. The first-order chi connectivity index (χ1) is 26.4. The molecule has 6 aromatic rings. The summed E-state index contributed by atoms with van der Waals surface area (Å²) in [6.07, 6.45) is 0. The molecule has 2 heterocycles. The van der Waals surface area contributed by atoms with Crippen molar-refractivity contribution in [1.29, 1.82) is 0 Å². The molecule has 2 aliphatic rings. The van der Waals surface area contributed by atoms with Gasteiger partial charge in [-0.15, -0.1) is 12.4 Å². The zero-order valence-electron chi connectivity index (χ0n) is 34.8. The molecule has 0 spiro atoms. The molecule has 0 aromatic heterocycles. The third kappa shape index (κ3) is 10.1. The number of rotatable bonds is 7. The first kappa shape index (κ1) is 47.2. The molecule has 0 atom stereocenters. The fraction of sp³-hybridized carbons (Fsp3) is 0.250. The van der Waals surface area contributed by atoms with Crippen LogP contribution in [0.1, 0.15) is 44.5 Å². The van der Waals surface area contributed by atoms with Gasteiger partial charge < -0.3 is 36.7 Å². The summed E-state index contributed by atoms with van der Waals surface area (Å²) in [5.41, 5.74) is 12.0. The molecule has 0 N–H and O–H groups in total. The summed E-state index contributed by atoms with van der Waals surface area (Å²) in [6.45, 7) is 17.9. The smallest absolute Gasteiger partial charge is 1.00 e. The second-order valence-corrected chi connectivity index (χ2v) is 19.3. The number of fused-ring (bicyclic) bond motifs is 2. The predicted molar refractivity (Wildman–Crippen MR) is 242 cm³/mol. The van der Waals surface area contributed by atoms with Crippen LogP contribution in [0, 0.1) is 55.4 Å². The second-order valence-electron chi connectivity index (χ2n) is 14.9. The van der Waals surface area contributed by atoms with Crippen molar-refractivity contribution in [2.24, 2.45) is 0 Å². The Balaban J connectivity index is 0.00000120. The van der Waals surface area contributed by atoms with Gasteiger partial charge >= 0.3 is 19.5 Å². The predicted octanol–water partition coefficient (Wildman–Crippen LogP) is 6.84. The fourth-order valence-corrected chi connectivity index (χ4v) is 13.5. The minimum absolute atomic E-state index is 0. The monoisotopic (exact) mass is 939 g/mol. The molecular formula is C48H51Cl2NO4P2Ru. The Morgan fingerprint density at radius 1 is 0.431 bits per heavy atom. The summed E-state index contributed by atoms with van der Waals surface area (Å²) in [7, 11) is 1.51. The third-order valence-electron chi connectivity index (χ3n) is 9.60. The zero-order chi connectivity index (χ0) is 39.0. The van der Waals surface area contributed by atoms with Crippen LogP contribution >= 0.6 is 28.3 Å². The molecule has 58 heavy (non-hydrogen) atoms. The van der Waals surface area contributed by atoms with Crippen LogP contribution in [0.4, 0.5) is 0 Å². The molecule has 2 aliphatic heterocycles. The number of halogens is 2. The number of ether oxygens (including phenoxy) is 4. The Labute approximate surface area is 372 Å². The summed E-state index contributed by atoms with van der Waals surface area (Å²) < 4.78 is 25.2. The van der Waals surface area contributed by atoms with Gasteiger partial charge in [-0.25, -0.2) is 0 Å². The Hall–Kier alpha value is -3.46. The third-order valence-corrected chi connectivity index (χ3v) is 14.3. The minimum Gasteiger partial charge on any atom is -1.00 e. The number of aryl methyl sites for hydroxylation is 8. The SMILES string of the molecule is C[N-]C.Cc1cc(C)cc(P(c2cc(C)cc(C)c2)c2cc3c(c(-c4c(P(c5cc(C)cc(C)c5)c5cc(C)cc(C)c5)ccc5c4OCO5)c2)OCO3)c1.Cl.[Cl-].[Ru+2]. The van der Waals surface area contributed by atoms with Gasteiger partial charge in [0.2, 0.25) is 13.6 Å². The van der Waals surface area contributed by atoms with E-state index in [0.717, 1.165) is 34.1 Å². The van der Waals surface area contributed by atoms with Crippen molar-refractivity contribution in [3.8, 4) is 34.1 Å². The zero-order valence-corrected chi connectivity index (χ0v) is 39.9. The molecule has 0 aliphatic carbocycles. The van der Waals surface area contributed by atoms with Gasteiger partial charge in [-0.3, -0.25) is 0 Å². The van der Waals surface area contributed by atoms with E-state index in [1.807, 2.05) is 0 Å². The molecule has 304 valence electrons. The number of nitrogens with zero attached hydrogens (tertiary/aromatic N) is 1. The van der Waals surface area contributed by atoms with E-state index in [9.17, 15) is 0 Å². The molecule has 0 radical (unpaired) electrons. The molecular weight excluding hydrogens is 888 g/mol.